The Morgan fingerprint density at radius 3 is 2.73 bits per heavy atom. The largest absolute Gasteiger partial charge is 0.465 e. The molecule has 26 heavy (non-hydrogen) atoms. The predicted octanol–water partition coefficient (Wildman–Crippen LogP) is 4.69. The number of fused-ring (bicyclic) bond motifs is 1. The molecule has 5 nitrogen and oxygen atoms in total. The molecule has 0 atom stereocenters. The van der Waals surface area contributed by atoms with Crippen molar-refractivity contribution in [2.75, 3.05) is 0 Å². The molecule has 4 rings (SSSR count). The topological polar surface area (TPSA) is 65.7 Å². The Labute approximate surface area is 151 Å². The van der Waals surface area contributed by atoms with E-state index in [9.17, 15) is 9.59 Å². The maximum atomic E-state index is 12.5. The molecule has 0 unspecified atom stereocenters. The number of ether oxygens (including phenoxy) is 2. The SMILES string of the molecule is Cc1c(OC(=O)C2CCCCC2)ccc2c1O/C(=C\c1ccco1)C2=O. The Bertz CT molecular complexity index is 870. The van der Waals surface area contributed by atoms with Gasteiger partial charge in [-0.15, -0.1) is 0 Å². The van der Waals surface area contributed by atoms with Gasteiger partial charge in [-0.1, -0.05) is 19.3 Å². The number of benzene rings is 1. The second-order valence-corrected chi connectivity index (χ2v) is 6.78. The lowest BCUT2D eigenvalue weighted by Crippen LogP contribution is -2.23. The molecule has 0 saturated heterocycles. The van der Waals surface area contributed by atoms with Crippen LogP contribution in [-0.4, -0.2) is 11.8 Å². The molecule has 0 radical (unpaired) electrons. The van der Waals surface area contributed by atoms with Gasteiger partial charge in [0.15, 0.2) is 5.76 Å². The molecule has 0 amide bonds. The number of esters is 1. The van der Waals surface area contributed by atoms with Crippen LogP contribution in [0.15, 0.2) is 40.7 Å². The maximum absolute atomic E-state index is 12.5. The van der Waals surface area contributed by atoms with Crippen LogP contribution in [0, 0.1) is 12.8 Å². The molecule has 1 aliphatic heterocycles. The van der Waals surface area contributed by atoms with Crippen molar-refractivity contribution >= 4 is 17.8 Å². The number of ketones is 1. The molecule has 0 bridgehead atoms. The smallest absolute Gasteiger partial charge is 0.314 e. The van der Waals surface area contributed by atoms with Crippen LogP contribution in [0.5, 0.6) is 11.5 Å². The van der Waals surface area contributed by atoms with Gasteiger partial charge in [-0.05, 0) is 44.0 Å². The summed E-state index contributed by atoms with van der Waals surface area (Å²) in [7, 11) is 0. The summed E-state index contributed by atoms with van der Waals surface area (Å²) in [5, 5.41) is 0. The third-order valence-electron chi connectivity index (χ3n) is 5.00. The predicted molar refractivity (Wildman–Crippen MR) is 95.0 cm³/mol. The summed E-state index contributed by atoms with van der Waals surface area (Å²) in [6.07, 6.45) is 8.19. The van der Waals surface area contributed by atoms with Gasteiger partial charge in [-0.2, -0.15) is 0 Å². The normalized spacial score (nSPS) is 18.7. The number of rotatable bonds is 3. The van der Waals surface area contributed by atoms with Crippen LogP contribution in [0.2, 0.25) is 0 Å². The molecule has 0 spiro atoms. The number of carbonyl (C=O) groups excluding carboxylic acids is 2. The zero-order valence-corrected chi connectivity index (χ0v) is 14.6. The Balaban J connectivity index is 1.57. The van der Waals surface area contributed by atoms with E-state index in [2.05, 4.69) is 0 Å². The molecular weight excluding hydrogens is 332 g/mol. The number of Topliss-reactive ketones (excluding diaryl/α,β-unsaturated/α-hetero) is 1. The maximum Gasteiger partial charge on any atom is 0.314 e. The molecule has 1 aromatic carbocycles. The summed E-state index contributed by atoms with van der Waals surface area (Å²) in [4.78, 5) is 24.9. The molecule has 0 N–H and O–H groups in total. The second-order valence-electron chi connectivity index (χ2n) is 6.78. The summed E-state index contributed by atoms with van der Waals surface area (Å²) in [5.74, 6) is 1.21. The van der Waals surface area contributed by atoms with E-state index in [-0.39, 0.29) is 23.4 Å². The van der Waals surface area contributed by atoms with Crippen LogP contribution >= 0.6 is 0 Å². The first kappa shape index (κ1) is 16.6. The standard InChI is InChI=1S/C21H20O5/c1-13-17(26-21(23)14-6-3-2-4-7-14)10-9-16-19(22)18(25-20(13)16)12-15-8-5-11-24-15/h5,8-12,14H,2-4,6-7H2,1H3/b18-12-. The van der Waals surface area contributed by atoms with Crippen molar-refractivity contribution in [3.63, 3.8) is 0 Å². The number of allylic oxidation sites excluding steroid dienone is 1. The monoisotopic (exact) mass is 352 g/mol. The van der Waals surface area contributed by atoms with E-state index >= 15 is 0 Å². The third kappa shape index (κ3) is 3.05. The van der Waals surface area contributed by atoms with Crippen molar-refractivity contribution < 1.29 is 23.5 Å². The van der Waals surface area contributed by atoms with E-state index in [0.29, 0.717) is 28.4 Å². The van der Waals surface area contributed by atoms with Crippen LogP contribution in [0.1, 0.15) is 53.8 Å². The first-order valence-corrected chi connectivity index (χ1v) is 8.96. The van der Waals surface area contributed by atoms with Gasteiger partial charge in [0.05, 0.1) is 17.7 Å². The Kier molecular flexibility index (Phi) is 4.37. The molecule has 134 valence electrons. The molecular formula is C21H20O5. The first-order chi connectivity index (χ1) is 12.6. The Morgan fingerprint density at radius 2 is 2.00 bits per heavy atom. The van der Waals surface area contributed by atoms with Gasteiger partial charge in [0.1, 0.15) is 17.3 Å². The van der Waals surface area contributed by atoms with E-state index in [4.69, 9.17) is 13.9 Å². The van der Waals surface area contributed by atoms with Crippen LogP contribution in [-0.2, 0) is 4.79 Å². The molecule has 2 aromatic rings. The van der Waals surface area contributed by atoms with Crippen molar-refractivity contribution in [1.82, 2.24) is 0 Å². The van der Waals surface area contributed by atoms with Crippen LogP contribution in [0.3, 0.4) is 0 Å². The molecule has 1 saturated carbocycles. The molecule has 1 fully saturated rings. The Morgan fingerprint density at radius 1 is 1.19 bits per heavy atom. The summed E-state index contributed by atoms with van der Waals surface area (Å²) < 4.78 is 16.6. The average molecular weight is 352 g/mol. The fraction of sp³-hybridized carbons (Fsp3) is 0.333. The highest BCUT2D eigenvalue weighted by molar-refractivity contribution is 6.14. The number of hydrogen-bond donors (Lipinski definition) is 0. The minimum atomic E-state index is -0.204. The van der Waals surface area contributed by atoms with Crippen molar-refractivity contribution in [2.45, 2.75) is 39.0 Å². The summed E-state index contributed by atoms with van der Waals surface area (Å²) in [6.45, 7) is 1.80. The van der Waals surface area contributed by atoms with Gasteiger partial charge in [0.25, 0.3) is 0 Å². The highest BCUT2D eigenvalue weighted by atomic mass is 16.5. The van der Waals surface area contributed by atoms with Gasteiger partial charge in [0, 0.05) is 11.6 Å². The van der Waals surface area contributed by atoms with Crippen molar-refractivity contribution in [1.29, 1.82) is 0 Å². The summed E-state index contributed by atoms with van der Waals surface area (Å²) in [5.41, 5.74) is 1.13. The van der Waals surface area contributed by atoms with Crippen molar-refractivity contribution in [3.8, 4) is 11.5 Å². The van der Waals surface area contributed by atoms with Gasteiger partial charge in [-0.3, -0.25) is 9.59 Å². The average Bonchev–Trinajstić information content (AvgIpc) is 3.28. The molecule has 2 aliphatic rings. The fourth-order valence-corrected chi connectivity index (χ4v) is 3.51. The molecule has 2 heterocycles. The third-order valence-corrected chi connectivity index (χ3v) is 5.00. The highest BCUT2D eigenvalue weighted by Gasteiger charge is 2.31. The minimum Gasteiger partial charge on any atom is -0.465 e. The lowest BCUT2D eigenvalue weighted by Gasteiger charge is -2.20. The van der Waals surface area contributed by atoms with Crippen molar-refractivity contribution in [2.24, 2.45) is 5.92 Å². The number of hydrogen-bond acceptors (Lipinski definition) is 5. The van der Waals surface area contributed by atoms with E-state index in [0.717, 1.165) is 25.7 Å². The zero-order chi connectivity index (χ0) is 18.1. The van der Waals surface area contributed by atoms with Gasteiger partial charge < -0.3 is 13.9 Å². The van der Waals surface area contributed by atoms with Crippen LogP contribution in [0.25, 0.3) is 6.08 Å². The van der Waals surface area contributed by atoms with E-state index in [1.54, 1.807) is 37.3 Å². The van der Waals surface area contributed by atoms with Crippen LogP contribution in [0.4, 0.5) is 0 Å². The molecule has 1 aliphatic carbocycles. The lowest BCUT2D eigenvalue weighted by molar-refractivity contribution is -0.140. The van der Waals surface area contributed by atoms with Gasteiger partial charge >= 0.3 is 5.97 Å². The van der Waals surface area contributed by atoms with Crippen molar-refractivity contribution in [3.05, 3.63) is 53.2 Å². The Hall–Kier alpha value is -2.82. The minimum absolute atomic E-state index is 0.0339. The first-order valence-electron chi connectivity index (χ1n) is 8.96. The van der Waals surface area contributed by atoms with Gasteiger partial charge in [0.2, 0.25) is 5.78 Å². The lowest BCUT2D eigenvalue weighted by atomic mass is 9.89. The molecule has 5 heteroatoms. The van der Waals surface area contributed by atoms with Gasteiger partial charge in [-0.25, -0.2) is 0 Å². The number of furan rings is 1. The summed E-state index contributed by atoms with van der Waals surface area (Å²) in [6, 6.07) is 6.81. The second kappa shape index (κ2) is 6.83. The number of carbonyl (C=O) groups is 2. The van der Waals surface area contributed by atoms with Crippen LogP contribution < -0.4 is 9.47 Å². The highest BCUT2D eigenvalue weighted by Crippen LogP contribution is 2.39. The van der Waals surface area contributed by atoms with E-state index in [1.807, 2.05) is 0 Å². The van der Waals surface area contributed by atoms with E-state index in [1.165, 1.54) is 12.7 Å². The quantitative estimate of drug-likeness (QED) is 0.455. The molecule has 1 aromatic heterocycles. The summed E-state index contributed by atoms with van der Waals surface area (Å²) >= 11 is 0. The van der Waals surface area contributed by atoms with E-state index < -0.39 is 0 Å². The zero-order valence-electron chi connectivity index (χ0n) is 14.6. The fourth-order valence-electron chi connectivity index (χ4n) is 3.51.